The third kappa shape index (κ3) is 2.68. The van der Waals surface area contributed by atoms with Crippen molar-refractivity contribution in [3.8, 4) is 0 Å². The lowest BCUT2D eigenvalue weighted by Crippen LogP contribution is -2.32. The molecule has 0 aromatic heterocycles. The van der Waals surface area contributed by atoms with E-state index in [1.165, 1.54) is 23.5 Å². The minimum atomic E-state index is 0.332. The molecule has 1 saturated heterocycles. The van der Waals surface area contributed by atoms with E-state index >= 15 is 0 Å². The molecule has 0 aliphatic carbocycles. The zero-order valence-electron chi connectivity index (χ0n) is 8.71. The summed E-state index contributed by atoms with van der Waals surface area (Å²) in [4.78, 5) is 0. The highest BCUT2D eigenvalue weighted by Crippen LogP contribution is 2.38. The smallest absolute Gasteiger partial charge is 0.0406 e. The number of nitrogens with two attached hydrogens (primary N) is 1. The van der Waals surface area contributed by atoms with Crippen LogP contribution in [0, 0.1) is 5.41 Å². The van der Waals surface area contributed by atoms with Crippen LogP contribution in [0.3, 0.4) is 0 Å². The van der Waals surface area contributed by atoms with Gasteiger partial charge in [0.2, 0.25) is 0 Å². The summed E-state index contributed by atoms with van der Waals surface area (Å²) in [5.41, 5.74) is 7.59. The zero-order chi connectivity index (χ0) is 10.7. The first-order valence-corrected chi connectivity index (χ1v) is 6.80. The molecule has 1 nitrogen and oxygen atoms in total. The number of hydrogen-bond acceptors (Lipinski definition) is 2. The maximum Gasteiger partial charge on any atom is 0.0406 e. The molecule has 0 spiro atoms. The second-order valence-corrected chi connectivity index (χ2v) is 5.85. The zero-order valence-corrected chi connectivity index (χ0v) is 10.3. The molecule has 1 heterocycles. The van der Waals surface area contributed by atoms with Gasteiger partial charge in [0.15, 0.2) is 0 Å². The fourth-order valence-electron chi connectivity index (χ4n) is 2.06. The van der Waals surface area contributed by atoms with Crippen molar-refractivity contribution < 1.29 is 0 Å². The molecule has 1 aromatic carbocycles. The summed E-state index contributed by atoms with van der Waals surface area (Å²) in [6, 6.07) is 8.15. The van der Waals surface area contributed by atoms with Crippen molar-refractivity contribution in [1.82, 2.24) is 0 Å². The summed E-state index contributed by atoms with van der Waals surface area (Å²) in [5.74, 6) is 2.46. The van der Waals surface area contributed by atoms with Crippen molar-refractivity contribution in [2.75, 3.05) is 18.1 Å². The maximum atomic E-state index is 5.91. The van der Waals surface area contributed by atoms with Gasteiger partial charge >= 0.3 is 0 Å². The summed E-state index contributed by atoms with van der Waals surface area (Å²) in [5, 5.41) is 0.807. The van der Waals surface area contributed by atoms with Crippen LogP contribution in [0.4, 0.5) is 0 Å². The topological polar surface area (TPSA) is 26.0 Å². The van der Waals surface area contributed by atoms with Crippen molar-refractivity contribution in [3.63, 3.8) is 0 Å². The average Bonchev–Trinajstić information content (AvgIpc) is 2.71. The van der Waals surface area contributed by atoms with Crippen molar-refractivity contribution in [3.05, 3.63) is 34.9 Å². The van der Waals surface area contributed by atoms with E-state index in [2.05, 4.69) is 12.1 Å². The highest BCUT2D eigenvalue weighted by molar-refractivity contribution is 7.99. The van der Waals surface area contributed by atoms with Crippen LogP contribution in [0.1, 0.15) is 12.0 Å². The summed E-state index contributed by atoms with van der Waals surface area (Å²) < 4.78 is 0. The van der Waals surface area contributed by atoms with E-state index in [1.54, 1.807) is 0 Å². The van der Waals surface area contributed by atoms with E-state index in [4.69, 9.17) is 17.3 Å². The first-order valence-electron chi connectivity index (χ1n) is 5.26. The van der Waals surface area contributed by atoms with Crippen LogP contribution in [0.25, 0.3) is 0 Å². The Morgan fingerprint density at radius 1 is 1.33 bits per heavy atom. The fraction of sp³-hybridized carbons (Fsp3) is 0.500. The highest BCUT2D eigenvalue weighted by atomic mass is 35.5. The Morgan fingerprint density at radius 2 is 2.07 bits per heavy atom. The molecule has 1 aromatic rings. The van der Waals surface area contributed by atoms with Crippen molar-refractivity contribution in [2.24, 2.45) is 11.1 Å². The summed E-state index contributed by atoms with van der Waals surface area (Å²) >= 11 is 7.89. The number of benzene rings is 1. The fourth-order valence-corrected chi connectivity index (χ4v) is 3.70. The Balaban J connectivity index is 2.09. The molecular weight excluding hydrogens is 226 g/mol. The molecule has 1 aliphatic rings. The number of rotatable bonds is 3. The molecule has 0 bridgehead atoms. The molecule has 2 rings (SSSR count). The highest BCUT2D eigenvalue weighted by Gasteiger charge is 2.32. The van der Waals surface area contributed by atoms with E-state index in [1.807, 2.05) is 23.9 Å². The van der Waals surface area contributed by atoms with Crippen LogP contribution in [0.15, 0.2) is 24.3 Å². The first-order chi connectivity index (χ1) is 7.24. The van der Waals surface area contributed by atoms with Crippen LogP contribution in [0.5, 0.6) is 0 Å². The minimum absolute atomic E-state index is 0.332. The second-order valence-electron chi connectivity index (χ2n) is 4.31. The summed E-state index contributed by atoms with van der Waals surface area (Å²) in [7, 11) is 0. The molecule has 1 unspecified atom stereocenters. The van der Waals surface area contributed by atoms with E-state index in [9.17, 15) is 0 Å². The van der Waals surface area contributed by atoms with Gasteiger partial charge in [0.1, 0.15) is 0 Å². The number of hydrogen-bond donors (Lipinski definition) is 1. The summed E-state index contributed by atoms with van der Waals surface area (Å²) in [6.07, 6.45) is 2.34. The lowest BCUT2D eigenvalue weighted by Gasteiger charge is -2.26. The van der Waals surface area contributed by atoms with Gasteiger partial charge in [0.05, 0.1) is 0 Å². The Hall–Kier alpha value is -0.180. The quantitative estimate of drug-likeness (QED) is 0.881. The maximum absolute atomic E-state index is 5.91. The van der Waals surface area contributed by atoms with Gasteiger partial charge in [0.25, 0.3) is 0 Å². The standard InChI is InChI=1S/C12H16ClNS/c13-11-3-1-10(2-4-11)7-12(8-14)5-6-15-9-12/h1-4H,5-9,14H2. The molecule has 1 aliphatic heterocycles. The lowest BCUT2D eigenvalue weighted by molar-refractivity contribution is 0.346. The SMILES string of the molecule is NCC1(Cc2ccc(Cl)cc2)CCSC1. The minimum Gasteiger partial charge on any atom is -0.330 e. The van der Waals surface area contributed by atoms with Crippen LogP contribution < -0.4 is 5.73 Å². The Kier molecular flexibility index (Phi) is 3.60. The summed E-state index contributed by atoms with van der Waals surface area (Å²) in [6.45, 7) is 0.794. The van der Waals surface area contributed by atoms with E-state index in [0.29, 0.717) is 5.41 Å². The Labute approximate surface area is 100 Å². The molecular formula is C12H16ClNS. The molecule has 82 valence electrons. The molecule has 0 saturated carbocycles. The molecule has 1 atom stereocenters. The van der Waals surface area contributed by atoms with Gasteiger partial charge in [-0.05, 0) is 48.3 Å². The van der Waals surface area contributed by atoms with E-state index < -0.39 is 0 Å². The molecule has 15 heavy (non-hydrogen) atoms. The monoisotopic (exact) mass is 241 g/mol. The van der Waals surface area contributed by atoms with Gasteiger partial charge in [-0.25, -0.2) is 0 Å². The number of halogens is 1. The van der Waals surface area contributed by atoms with E-state index in [-0.39, 0.29) is 0 Å². The van der Waals surface area contributed by atoms with Crippen LogP contribution in [-0.2, 0) is 6.42 Å². The first kappa shape index (κ1) is 11.3. The predicted octanol–water partition coefficient (Wildman–Crippen LogP) is 2.96. The molecule has 2 N–H and O–H groups in total. The van der Waals surface area contributed by atoms with E-state index in [0.717, 1.165) is 18.0 Å². The average molecular weight is 242 g/mol. The molecule has 3 heteroatoms. The Bertz CT molecular complexity index is 317. The van der Waals surface area contributed by atoms with Gasteiger partial charge in [-0.1, -0.05) is 23.7 Å². The third-order valence-electron chi connectivity index (χ3n) is 3.11. The lowest BCUT2D eigenvalue weighted by atomic mass is 9.81. The number of thioether (sulfide) groups is 1. The van der Waals surface area contributed by atoms with Crippen molar-refractivity contribution >= 4 is 23.4 Å². The third-order valence-corrected chi connectivity index (χ3v) is 4.67. The van der Waals surface area contributed by atoms with Crippen LogP contribution >= 0.6 is 23.4 Å². The van der Waals surface area contributed by atoms with Gasteiger partial charge in [-0.15, -0.1) is 0 Å². The van der Waals surface area contributed by atoms with Crippen LogP contribution in [-0.4, -0.2) is 18.1 Å². The van der Waals surface area contributed by atoms with Gasteiger partial charge in [0, 0.05) is 10.8 Å². The van der Waals surface area contributed by atoms with Gasteiger partial charge in [-0.2, -0.15) is 11.8 Å². The molecule has 0 radical (unpaired) electrons. The molecule has 0 amide bonds. The van der Waals surface area contributed by atoms with Gasteiger partial charge in [-0.3, -0.25) is 0 Å². The largest absolute Gasteiger partial charge is 0.330 e. The van der Waals surface area contributed by atoms with Crippen LogP contribution in [0.2, 0.25) is 5.02 Å². The van der Waals surface area contributed by atoms with Crippen molar-refractivity contribution in [1.29, 1.82) is 0 Å². The predicted molar refractivity (Wildman–Crippen MR) is 68.6 cm³/mol. The van der Waals surface area contributed by atoms with Gasteiger partial charge < -0.3 is 5.73 Å². The van der Waals surface area contributed by atoms with Crippen molar-refractivity contribution in [2.45, 2.75) is 12.8 Å². The Morgan fingerprint density at radius 3 is 2.60 bits per heavy atom. The second kappa shape index (κ2) is 4.77. The molecule has 1 fully saturated rings. The normalized spacial score (nSPS) is 25.7.